The third-order valence-corrected chi connectivity index (χ3v) is 3.63. The molecule has 0 atom stereocenters. The van der Waals surface area contributed by atoms with Crippen LogP contribution < -0.4 is 5.32 Å². The van der Waals surface area contributed by atoms with E-state index in [0.29, 0.717) is 0 Å². The summed E-state index contributed by atoms with van der Waals surface area (Å²) in [4.78, 5) is 7.11. The molecule has 3 rings (SSSR count). The van der Waals surface area contributed by atoms with Crippen LogP contribution in [0.25, 0.3) is 10.9 Å². The Morgan fingerprint density at radius 3 is 2.83 bits per heavy atom. The molecule has 1 N–H and O–H groups in total. The largest absolute Gasteiger partial charge is 0.373 e. The Hall–Kier alpha value is -1.61. The van der Waals surface area contributed by atoms with E-state index in [-0.39, 0.29) is 0 Å². The number of anilines is 1. The molecule has 0 bridgehead atoms. The van der Waals surface area contributed by atoms with Crippen LogP contribution in [0.15, 0.2) is 30.3 Å². The lowest BCUT2D eigenvalue weighted by molar-refractivity contribution is 0.317. The van der Waals surface area contributed by atoms with E-state index in [1.807, 2.05) is 13.1 Å². The molecular formula is C15H19N3. The maximum atomic E-state index is 4.69. The molecule has 94 valence electrons. The van der Waals surface area contributed by atoms with Crippen molar-refractivity contribution < 1.29 is 0 Å². The molecule has 3 heteroatoms. The van der Waals surface area contributed by atoms with Crippen LogP contribution in [0, 0.1) is 0 Å². The molecule has 0 amide bonds. The Kier molecular flexibility index (Phi) is 2.92. The lowest BCUT2D eigenvalue weighted by atomic mass is 10.1. The van der Waals surface area contributed by atoms with Crippen LogP contribution >= 0.6 is 0 Å². The van der Waals surface area contributed by atoms with Gasteiger partial charge in [-0.25, -0.2) is 4.98 Å². The highest BCUT2D eigenvalue weighted by Gasteiger charge is 2.26. The zero-order chi connectivity index (χ0) is 12.5. The van der Waals surface area contributed by atoms with Crippen LogP contribution in [0.1, 0.15) is 18.4 Å². The Morgan fingerprint density at radius 1 is 1.33 bits per heavy atom. The second-order valence-electron chi connectivity index (χ2n) is 5.09. The van der Waals surface area contributed by atoms with E-state index in [9.17, 15) is 0 Å². The first-order valence-corrected chi connectivity index (χ1v) is 6.54. The van der Waals surface area contributed by atoms with Crippen molar-refractivity contribution in [1.82, 2.24) is 9.88 Å². The summed E-state index contributed by atoms with van der Waals surface area (Å²) in [5, 5.41) is 4.43. The number of fused-ring (bicyclic) bond motifs is 1. The molecule has 0 unspecified atom stereocenters. The number of nitrogens with zero attached hydrogens (tertiary/aromatic N) is 2. The average molecular weight is 241 g/mol. The molecule has 1 heterocycles. The Labute approximate surface area is 108 Å². The number of pyridine rings is 1. The van der Waals surface area contributed by atoms with E-state index < -0.39 is 0 Å². The van der Waals surface area contributed by atoms with Crippen LogP contribution in [0.3, 0.4) is 0 Å². The van der Waals surface area contributed by atoms with Crippen LogP contribution in [0.5, 0.6) is 0 Å². The third-order valence-electron chi connectivity index (χ3n) is 3.63. The monoisotopic (exact) mass is 241 g/mol. The SMILES string of the molecule is CNc1nc2ccccc2cc1CN(C)C1CC1. The zero-order valence-corrected chi connectivity index (χ0v) is 11.0. The quantitative estimate of drug-likeness (QED) is 0.892. The standard InChI is InChI=1S/C15H19N3/c1-16-15-12(10-18(2)13-7-8-13)9-11-5-3-4-6-14(11)17-15/h3-6,9,13H,7-8,10H2,1-2H3,(H,16,17). The van der Waals surface area contributed by atoms with Crippen LogP contribution in [0.2, 0.25) is 0 Å². The van der Waals surface area contributed by atoms with Crippen molar-refractivity contribution in [2.75, 3.05) is 19.4 Å². The maximum absolute atomic E-state index is 4.69. The summed E-state index contributed by atoms with van der Waals surface area (Å²) in [6.07, 6.45) is 2.68. The van der Waals surface area contributed by atoms with Gasteiger partial charge < -0.3 is 5.32 Å². The van der Waals surface area contributed by atoms with Crippen LogP contribution in [-0.4, -0.2) is 30.0 Å². The second-order valence-corrected chi connectivity index (χ2v) is 5.09. The average Bonchev–Trinajstić information content (AvgIpc) is 3.22. The van der Waals surface area contributed by atoms with Gasteiger partial charge in [0.05, 0.1) is 5.52 Å². The second kappa shape index (κ2) is 4.58. The number of para-hydroxylation sites is 1. The molecule has 3 nitrogen and oxygen atoms in total. The fraction of sp³-hybridized carbons (Fsp3) is 0.400. The highest BCUT2D eigenvalue weighted by Crippen LogP contribution is 2.28. The highest BCUT2D eigenvalue weighted by molar-refractivity contribution is 5.81. The number of rotatable bonds is 4. The Balaban J connectivity index is 1.97. The molecule has 0 saturated heterocycles. The zero-order valence-electron chi connectivity index (χ0n) is 11.0. The van der Waals surface area contributed by atoms with Crippen molar-refractivity contribution in [2.45, 2.75) is 25.4 Å². The smallest absolute Gasteiger partial charge is 0.130 e. The first-order valence-electron chi connectivity index (χ1n) is 6.54. The van der Waals surface area contributed by atoms with Crippen molar-refractivity contribution in [3.8, 4) is 0 Å². The van der Waals surface area contributed by atoms with Crippen LogP contribution in [0.4, 0.5) is 5.82 Å². The number of hydrogen-bond acceptors (Lipinski definition) is 3. The molecule has 1 aliphatic carbocycles. The van der Waals surface area contributed by atoms with Gasteiger partial charge in [-0.2, -0.15) is 0 Å². The third kappa shape index (κ3) is 2.18. The van der Waals surface area contributed by atoms with Crippen molar-refractivity contribution >= 4 is 16.7 Å². The molecule has 0 spiro atoms. The van der Waals surface area contributed by atoms with Gasteiger partial charge >= 0.3 is 0 Å². The minimum absolute atomic E-state index is 0.779. The van der Waals surface area contributed by atoms with Gasteiger partial charge in [-0.15, -0.1) is 0 Å². The molecule has 0 aliphatic heterocycles. The van der Waals surface area contributed by atoms with E-state index in [4.69, 9.17) is 0 Å². The predicted molar refractivity (Wildman–Crippen MR) is 75.8 cm³/mol. The van der Waals surface area contributed by atoms with Gasteiger partial charge in [0.15, 0.2) is 0 Å². The van der Waals surface area contributed by atoms with Gasteiger partial charge in [-0.3, -0.25) is 4.90 Å². The van der Waals surface area contributed by atoms with Gasteiger partial charge in [-0.1, -0.05) is 18.2 Å². The van der Waals surface area contributed by atoms with E-state index >= 15 is 0 Å². The fourth-order valence-electron chi connectivity index (χ4n) is 2.41. The normalized spacial score (nSPS) is 15.3. The first-order chi connectivity index (χ1) is 8.78. The topological polar surface area (TPSA) is 28.2 Å². The lowest BCUT2D eigenvalue weighted by Gasteiger charge is -2.18. The summed E-state index contributed by atoms with van der Waals surface area (Å²) in [6, 6.07) is 11.3. The molecule has 1 fully saturated rings. The predicted octanol–water partition coefficient (Wildman–Crippen LogP) is 2.87. The van der Waals surface area contributed by atoms with E-state index in [2.05, 4.69) is 46.5 Å². The van der Waals surface area contributed by atoms with Crippen molar-refractivity contribution in [3.63, 3.8) is 0 Å². The molecule has 1 aromatic heterocycles. The summed E-state index contributed by atoms with van der Waals surface area (Å²) in [7, 11) is 4.14. The van der Waals surface area contributed by atoms with Crippen molar-refractivity contribution in [2.24, 2.45) is 0 Å². The van der Waals surface area contributed by atoms with Gasteiger partial charge in [0.25, 0.3) is 0 Å². The van der Waals surface area contributed by atoms with E-state index in [1.54, 1.807) is 0 Å². The number of hydrogen-bond donors (Lipinski definition) is 1. The van der Waals surface area contributed by atoms with Gasteiger partial charge in [0.1, 0.15) is 5.82 Å². The molecule has 1 saturated carbocycles. The van der Waals surface area contributed by atoms with E-state index in [1.165, 1.54) is 23.8 Å². The Morgan fingerprint density at radius 2 is 2.11 bits per heavy atom. The summed E-state index contributed by atoms with van der Waals surface area (Å²) >= 11 is 0. The van der Waals surface area contributed by atoms with Gasteiger partial charge in [0.2, 0.25) is 0 Å². The fourth-order valence-corrected chi connectivity index (χ4v) is 2.41. The van der Waals surface area contributed by atoms with Gasteiger partial charge in [-0.05, 0) is 32.0 Å². The molecule has 2 aromatic rings. The highest BCUT2D eigenvalue weighted by atomic mass is 15.2. The summed E-state index contributed by atoms with van der Waals surface area (Å²) in [5.74, 6) is 1.00. The molecule has 0 radical (unpaired) electrons. The van der Waals surface area contributed by atoms with Gasteiger partial charge in [0, 0.05) is 30.6 Å². The summed E-state index contributed by atoms with van der Waals surface area (Å²) in [6.45, 7) is 0.971. The first kappa shape index (κ1) is 11.5. The van der Waals surface area contributed by atoms with Crippen molar-refractivity contribution in [3.05, 3.63) is 35.9 Å². The number of benzene rings is 1. The molecular weight excluding hydrogens is 222 g/mol. The maximum Gasteiger partial charge on any atom is 0.130 e. The molecule has 1 aliphatic rings. The Bertz CT molecular complexity index is 561. The van der Waals surface area contributed by atoms with E-state index in [0.717, 1.165) is 23.9 Å². The van der Waals surface area contributed by atoms with Crippen LogP contribution in [-0.2, 0) is 6.54 Å². The minimum atomic E-state index is 0.779. The number of nitrogens with one attached hydrogen (secondary N) is 1. The molecule has 18 heavy (non-hydrogen) atoms. The molecule has 1 aromatic carbocycles. The summed E-state index contributed by atoms with van der Waals surface area (Å²) < 4.78 is 0. The lowest BCUT2D eigenvalue weighted by Crippen LogP contribution is -2.20. The van der Waals surface area contributed by atoms with Crippen molar-refractivity contribution in [1.29, 1.82) is 0 Å². The number of aromatic nitrogens is 1. The summed E-state index contributed by atoms with van der Waals surface area (Å²) in [5.41, 5.74) is 2.34. The minimum Gasteiger partial charge on any atom is -0.373 e.